The van der Waals surface area contributed by atoms with Gasteiger partial charge in [-0.2, -0.15) is 0 Å². The number of hydrogen-bond acceptors (Lipinski definition) is 9. The third-order valence-electron chi connectivity index (χ3n) is 13.3. The molecule has 9 heteroatoms. The highest BCUT2D eigenvalue weighted by Gasteiger charge is 2.43. The van der Waals surface area contributed by atoms with Crippen LogP contribution < -0.4 is 10.6 Å². The maximum absolute atomic E-state index is 13.7. The molecule has 9 rings (SSSR count). The first-order chi connectivity index (χ1) is 32.8. The molecule has 2 N–H and O–H groups in total. The first-order valence-corrected chi connectivity index (χ1v) is 23.6. The molecule has 0 fully saturated rings. The lowest BCUT2D eigenvalue weighted by atomic mass is 9.68. The van der Waals surface area contributed by atoms with Crippen molar-refractivity contribution in [1.29, 1.82) is 0 Å². The summed E-state index contributed by atoms with van der Waals surface area (Å²) in [5, 5.41) is 6.72. The Morgan fingerprint density at radius 3 is 1.60 bits per heavy atom. The van der Waals surface area contributed by atoms with Crippen molar-refractivity contribution in [2.45, 2.75) is 78.2 Å². The Bertz CT molecular complexity index is 2800. The van der Waals surface area contributed by atoms with Crippen LogP contribution in [-0.2, 0) is 35.2 Å². The molecule has 4 aliphatic rings. The average Bonchev–Trinajstić information content (AvgIpc) is 3.33. The van der Waals surface area contributed by atoms with Crippen LogP contribution in [-0.4, -0.2) is 55.7 Å². The topological polar surface area (TPSA) is 114 Å². The van der Waals surface area contributed by atoms with E-state index in [1.807, 2.05) is 112 Å². The first kappa shape index (κ1) is 47.4. The number of Topliss-reactive ketones (excluding diaryl/α,β-unsaturated/α-hetero) is 2. The van der Waals surface area contributed by atoms with Crippen molar-refractivity contribution in [2.75, 3.05) is 27.3 Å². The number of allylic oxidation sites excluding steroid dienone is 6. The average molecular weight is 908 g/mol. The Morgan fingerprint density at radius 2 is 1.07 bits per heavy atom. The molecule has 348 valence electrons. The van der Waals surface area contributed by atoms with E-state index in [0.29, 0.717) is 41.7 Å². The molecule has 5 aromatic rings. The minimum atomic E-state index is -0.459. The highest BCUT2D eigenvalue weighted by Crippen LogP contribution is 2.47. The van der Waals surface area contributed by atoms with E-state index in [-0.39, 0.29) is 35.5 Å². The lowest BCUT2D eigenvalue weighted by Crippen LogP contribution is -2.39. The molecule has 0 saturated heterocycles. The second kappa shape index (κ2) is 20.8. The zero-order valence-electron chi connectivity index (χ0n) is 40.0. The predicted octanol–water partition coefficient (Wildman–Crippen LogP) is 11.1. The molecule has 2 aliphatic carbocycles. The summed E-state index contributed by atoms with van der Waals surface area (Å²) in [5.74, 6) is -1.41. The number of methoxy groups -OCH3 is 1. The van der Waals surface area contributed by atoms with Gasteiger partial charge in [-0.1, -0.05) is 153 Å². The van der Waals surface area contributed by atoms with Crippen LogP contribution in [0.3, 0.4) is 0 Å². The summed E-state index contributed by atoms with van der Waals surface area (Å²) in [5.41, 5.74) is 13.2. The third kappa shape index (κ3) is 10.5. The van der Waals surface area contributed by atoms with Gasteiger partial charge in [-0.15, -0.1) is 0 Å². The molecule has 2 heterocycles. The predicted molar refractivity (Wildman–Crippen MR) is 268 cm³/mol. The summed E-state index contributed by atoms with van der Waals surface area (Å²) in [7, 11) is 3.40. The Morgan fingerprint density at radius 1 is 0.603 bits per heavy atom. The highest BCUT2D eigenvalue weighted by atomic mass is 16.5. The first-order valence-electron chi connectivity index (χ1n) is 23.6. The summed E-state index contributed by atoms with van der Waals surface area (Å²) in [6, 6.07) is 46.9. The molecule has 5 aromatic carbocycles. The van der Waals surface area contributed by atoms with Crippen LogP contribution in [0, 0.1) is 5.41 Å². The fourth-order valence-electron chi connectivity index (χ4n) is 10.1. The van der Waals surface area contributed by atoms with Crippen molar-refractivity contribution in [3.05, 3.63) is 201 Å². The lowest BCUT2D eigenvalue weighted by Gasteiger charge is -2.39. The van der Waals surface area contributed by atoms with Crippen LogP contribution in [0.2, 0.25) is 0 Å². The molecule has 2 unspecified atom stereocenters. The quantitative estimate of drug-likeness (QED) is 0.125. The fourth-order valence-corrected chi connectivity index (χ4v) is 10.1. The van der Waals surface area contributed by atoms with Crippen molar-refractivity contribution >= 4 is 23.5 Å². The van der Waals surface area contributed by atoms with Crippen molar-refractivity contribution in [3.63, 3.8) is 0 Å². The number of benzene rings is 5. The van der Waals surface area contributed by atoms with Gasteiger partial charge in [0.2, 0.25) is 0 Å². The molecule has 2 aliphatic heterocycles. The van der Waals surface area contributed by atoms with Gasteiger partial charge in [0.05, 0.1) is 18.3 Å². The summed E-state index contributed by atoms with van der Waals surface area (Å²) < 4.78 is 10.9. The van der Waals surface area contributed by atoms with Crippen molar-refractivity contribution in [2.24, 2.45) is 5.41 Å². The van der Waals surface area contributed by atoms with Gasteiger partial charge in [-0.3, -0.25) is 14.5 Å². The molecular weight excluding hydrogens is 847 g/mol. The Labute approximate surface area is 400 Å². The molecule has 0 spiro atoms. The number of nitrogens with one attached hydrogen (secondary N) is 2. The smallest absolute Gasteiger partial charge is 0.336 e. The molecule has 0 aromatic heterocycles. The number of carbonyl (C=O) groups excluding carboxylic acids is 4. The van der Waals surface area contributed by atoms with E-state index in [1.165, 1.54) is 12.7 Å². The number of carbonyl (C=O) groups is 4. The van der Waals surface area contributed by atoms with E-state index in [2.05, 4.69) is 77.9 Å². The van der Waals surface area contributed by atoms with Crippen LogP contribution in [0.5, 0.6) is 0 Å². The van der Waals surface area contributed by atoms with Gasteiger partial charge in [0, 0.05) is 71.7 Å². The summed E-state index contributed by atoms with van der Waals surface area (Å²) >= 11 is 0. The van der Waals surface area contributed by atoms with Gasteiger partial charge >= 0.3 is 11.9 Å². The van der Waals surface area contributed by atoms with E-state index in [1.54, 1.807) is 0 Å². The van der Waals surface area contributed by atoms with E-state index in [0.717, 1.165) is 82.0 Å². The van der Waals surface area contributed by atoms with Gasteiger partial charge in [0.15, 0.2) is 11.6 Å². The molecule has 2 atom stereocenters. The number of likely N-dealkylation sites (N-methyl/N-ethyl adjacent to an activating group) is 1. The van der Waals surface area contributed by atoms with Crippen LogP contribution >= 0.6 is 0 Å². The Balaban J connectivity index is 0.000000196. The van der Waals surface area contributed by atoms with E-state index >= 15 is 0 Å². The summed E-state index contributed by atoms with van der Waals surface area (Å²) in [6.45, 7) is 9.69. The molecule has 0 amide bonds. The minimum absolute atomic E-state index is 0.0938. The van der Waals surface area contributed by atoms with Crippen molar-refractivity contribution in [1.82, 2.24) is 15.5 Å². The van der Waals surface area contributed by atoms with Crippen LogP contribution in [0.4, 0.5) is 0 Å². The van der Waals surface area contributed by atoms with Crippen molar-refractivity contribution < 1.29 is 28.7 Å². The van der Waals surface area contributed by atoms with Gasteiger partial charge in [-0.05, 0) is 84.5 Å². The maximum Gasteiger partial charge on any atom is 0.336 e. The van der Waals surface area contributed by atoms with E-state index in [4.69, 9.17) is 9.47 Å². The van der Waals surface area contributed by atoms with Crippen LogP contribution in [0.25, 0.3) is 22.3 Å². The Hall–Kier alpha value is -7.10. The largest absolute Gasteiger partial charge is 0.466 e. The highest BCUT2D eigenvalue weighted by molar-refractivity contribution is 6.05. The minimum Gasteiger partial charge on any atom is -0.466 e. The molecular formula is C59H61N3O6. The number of dihydropyridines is 2. The number of ketones is 2. The second-order valence-corrected chi connectivity index (χ2v) is 19.0. The molecule has 0 bridgehead atoms. The molecule has 68 heavy (non-hydrogen) atoms. The number of nitrogens with zero attached hydrogens (tertiary/aromatic N) is 1. The zero-order chi connectivity index (χ0) is 48.0. The van der Waals surface area contributed by atoms with Gasteiger partial charge in [-0.25, -0.2) is 9.59 Å². The number of hydrogen-bond donors (Lipinski definition) is 2. The molecule has 0 saturated carbocycles. The summed E-state index contributed by atoms with van der Waals surface area (Å²) in [4.78, 5) is 54.7. The summed E-state index contributed by atoms with van der Waals surface area (Å²) in [6.07, 6.45) is 3.40. The second-order valence-electron chi connectivity index (χ2n) is 19.0. The van der Waals surface area contributed by atoms with Gasteiger partial charge in [0.1, 0.15) is 6.61 Å². The third-order valence-corrected chi connectivity index (χ3v) is 13.3. The van der Waals surface area contributed by atoms with Crippen LogP contribution in [0.15, 0.2) is 185 Å². The normalized spacial score (nSPS) is 18.8. The van der Waals surface area contributed by atoms with Gasteiger partial charge < -0.3 is 20.1 Å². The SMILES string of the molecule is CC1=C(C(=O)OCCN(C)Cc2ccccc2)C(c2ccc(-c3ccccc3)cc2)C2=C(CC(C)(C)CC2=O)N1.COC(=O)C1=C(C)NC2=C(C(=O)CCC2)C1c1ccc(-c2ccccc2)cc1. The van der Waals surface area contributed by atoms with Crippen molar-refractivity contribution in [3.8, 4) is 22.3 Å². The molecule has 0 radical (unpaired) electrons. The van der Waals surface area contributed by atoms with E-state index in [9.17, 15) is 19.2 Å². The number of esters is 2. The Kier molecular flexibility index (Phi) is 14.5. The zero-order valence-corrected chi connectivity index (χ0v) is 40.0. The maximum atomic E-state index is 13.7. The fraction of sp³-hybridized carbons (Fsp3) is 0.288. The monoisotopic (exact) mass is 907 g/mol. The standard InChI is InChI=1S/C35H38N2O3.C24H23NO3/c1-24-31(34(39)40-20-19-37(4)23-25-11-7-5-8-12-25)32(33-29(36-24)21-35(2,3)22-30(33)38)28-17-15-27(16-18-28)26-13-9-6-10-14-26;1-15-21(24(27)28-2)22(23-19(25-15)9-6-10-20(23)26)18-13-11-17(12-14-18)16-7-4-3-5-8-16/h5-18,32,36H,19-23H2,1-4H3;3-5,7-8,11-14,22,25H,6,9-10H2,1-2H3. The van der Waals surface area contributed by atoms with E-state index < -0.39 is 11.9 Å². The number of rotatable bonds is 11. The molecule has 9 nitrogen and oxygen atoms in total. The lowest BCUT2D eigenvalue weighted by molar-refractivity contribution is -0.140. The van der Waals surface area contributed by atoms with Gasteiger partial charge in [0.25, 0.3) is 0 Å². The number of ether oxygens (including phenoxy) is 2. The van der Waals surface area contributed by atoms with Crippen LogP contribution in [0.1, 0.15) is 88.3 Å².